The van der Waals surface area contributed by atoms with Crippen molar-refractivity contribution < 1.29 is 14.3 Å². The largest absolute Gasteiger partial charge is 0.452 e. The summed E-state index contributed by atoms with van der Waals surface area (Å²) in [6.45, 7) is 5.66. The summed E-state index contributed by atoms with van der Waals surface area (Å²) in [6, 6.07) is 9.27. The highest BCUT2D eigenvalue weighted by Gasteiger charge is 2.23. The second kappa shape index (κ2) is 6.59. The van der Waals surface area contributed by atoms with E-state index in [0.29, 0.717) is 12.0 Å². The van der Waals surface area contributed by atoms with Gasteiger partial charge in [-0.3, -0.25) is 4.79 Å². The van der Waals surface area contributed by atoms with Crippen molar-refractivity contribution in [3.63, 3.8) is 0 Å². The van der Waals surface area contributed by atoms with Gasteiger partial charge in [0.25, 0.3) is 5.91 Å². The standard InChI is InChI=1S/C14H17NO3/c1-4-11(2)13(16)15(14(17)18-3)10-12-8-6-5-7-9-12/h5-9H,2,4,10H2,1,3H3. The number of imide groups is 1. The first-order chi connectivity index (χ1) is 8.60. The second-order valence-corrected chi connectivity index (χ2v) is 3.80. The van der Waals surface area contributed by atoms with Crippen LogP contribution in [0.5, 0.6) is 0 Å². The van der Waals surface area contributed by atoms with Crippen molar-refractivity contribution in [3.05, 3.63) is 48.0 Å². The maximum atomic E-state index is 12.0. The van der Waals surface area contributed by atoms with E-state index in [1.807, 2.05) is 37.3 Å². The molecule has 0 aliphatic carbocycles. The van der Waals surface area contributed by atoms with E-state index in [9.17, 15) is 9.59 Å². The average Bonchev–Trinajstić information content (AvgIpc) is 2.43. The molecule has 1 rings (SSSR count). The molecule has 0 N–H and O–H groups in total. The number of ether oxygens (including phenoxy) is 1. The van der Waals surface area contributed by atoms with Crippen LogP contribution in [0.2, 0.25) is 0 Å². The summed E-state index contributed by atoms with van der Waals surface area (Å²) < 4.78 is 4.63. The van der Waals surface area contributed by atoms with Crippen LogP contribution in [0.1, 0.15) is 18.9 Å². The number of nitrogens with zero attached hydrogens (tertiary/aromatic N) is 1. The molecule has 18 heavy (non-hydrogen) atoms. The summed E-state index contributed by atoms with van der Waals surface area (Å²) in [5, 5.41) is 0. The number of benzene rings is 1. The summed E-state index contributed by atoms with van der Waals surface area (Å²) in [7, 11) is 1.25. The van der Waals surface area contributed by atoms with Gasteiger partial charge in [0.15, 0.2) is 0 Å². The molecule has 0 aromatic heterocycles. The molecular weight excluding hydrogens is 230 g/mol. The highest BCUT2D eigenvalue weighted by Crippen LogP contribution is 2.11. The Morgan fingerprint density at radius 1 is 1.28 bits per heavy atom. The third-order valence-electron chi connectivity index (χ3n) is 2.55. The van der Waals surface area contributed by atoms with Gasteiger partial charge in [-0.05, 0) is 12.0 Å². The van der Waals surface area contributed by atoms with Gasteiger partial charge in [0.2, 0.25) is 0 Å². The Kier molecular flexibility index (Phi) is 5.11. The third kappa shape index (κ3) is 3.45. The first-order valence-electron chi connectivity index (χ1n) is 5.71. The van der Waals surface area contributed by atoms with E-state index in [1.54, 1.807) is 0 Å². The SMILES string of the molecule is C=C(CC)C(=O)N(Cc1ccccc1)C(=O)OC. The zero-order chi connectivity index (χ0) is 13.5. The third-order valence-corrected chi connectivity index (χ3v) is 2.55. The smallest absolute Gasteiger partial charge is 0.416 e. The Bertz CT molecular complexity index is 440. The van der Waals surface area contributed by atoms with Crippen molar-refractivity contribution in [3.8, 4) is 0 Å². The second-order valence-electron chi connectivity index (χ2n) is 3.80. The topological polar surface area (TPSA) is 46.6 Å². The maximum absolute atomic E-state index is 12.0. The fraction of sp³-hybridized carbons (Fsp3) is 0.286. The lowest BCUT2D eigenvalue weighted by molar-refractivity contribution is -0.126. The summed E-state index contributed by atoms with van der Waals surface area (Å²) >= 11 is 0. The van der Waals surface area contributed by atoms with Crippen molar-refractivity contribution in [1.29, 1.82) is 0 Å². The zero-order valence-electron chi connectivity index (χ0n) is 10.7. The van der Waals surface area contributed by atoms with Gasteiger partial charge in [-0.15, -0.1) is 0 Å². The molecule has 1 aromatic rings. The Hall–Kier alpha value is -2.10. The van der Waals surface area contributed by atoms with Crippen molar-refractivity contribution in [2.24, 2.45) is 0 Å². The normalized spacial score (nSPS) is 9.67. The van der Waals surface area contributed by atoms with Crippen LogP contribution >= 0.6 is 0 Å². The zero-order valence-corrected chi connectivity index (χ0v) is 10.7. The molecule has 0 saturated carbocycles. The van der Waals surface area contributed by atoms with Crippen LogP contribution in [0.4, 0.5) is 4.79 Å². The summed E-state index contributed by atoms with van der Waals surface area (Å²) in [5.41, 5.74) is 1.25. The van der Waals surface area contributed by atoms with Crippen LogP contribution in [0.15, 0.2) is 42.5 Å². The van der Waals surface area contributed by atoms with Crippen molar-refractivity contribution in [2.45, 2.75) is 19.9 Å². The molecule has 0 aliphatic heterocycles. The molecular formula is C14H17NO3. The molecule has 0 radical (unpaired) electrons. The highest BCUT2D eigenvalue weighted by atomic mass is 16.5. The minimum absolute atomic E-state index is 0.186. The fourth-order valence-corrected chi connectivity index (χ4v) is 1.44. The van der Waals surface area contributed by atoms with Crippen LogP contribution in [-0.2, 0) is 16.1 Å². The first kappa shape index (κ1) is 14.0. The van der Waals surface area contributed by atoms with Gasteiger partial charge in [-0.1, -0.05) is 43.8 Å². The van der Waals surface area contributed by atoms with E-state index in [2.05, 4.69) is 11.3 Å². The Labute approximate surface area is 107 Å². The molecule has 0 saturated heterocycles. The molecule has 0 unspecified atom stereocenters. The number of carbonyl (C=O) groups is 2. The molecule has 0 fully saturated rings. The van der Waals surface area contributed by atoms with E-state index in [-0.39, 0.29) is 6.54 Å². The predicted octanol–water partition coefficient (Wildman–Crippen LogP) is 2.75. The molecule has 0 atom stereocenters. The Morgan fingerprint density at radius 2 is 1.89 bits per heavy atom. The lowest BCUT2D eigenvalue weighted by Crippen LogP contribution is -2.37. The van der Waals surface area contributed by atoms with E-state index in [1.165, 1.54) is 7.11 Å². The number of amides is 2. The van der Waals surface area contributed by atoms with Crippen LogP contribution in [0, 0.1) is 0 Å². The van der Waals surface area contributed by atoms with E-state index in [0.717, 1.165) is 10.5 Å². The maximum Gasteiger partial charge on any atom is 0.416 e. The van der Waals surface area contributed by atoms with Gasteiger partial charge >= 0.3 is 6.09 Å². The minimum Gasteiger partial charge on any atom is -0.452 e. The molecule has 1 aromatic carbocycles. The number of hydrogen-bond acceptors (Lipinski definition) is 3. The quantitative estimate of drug-likeness (QED) is 0.768. The summed E-state index contributed by atoms with van der Waals surface area (Å²) in [6.07, 6.45) is -0.167. The number of rotatable bonds is 4. The van der Waals surface area contributed by atoms with E-state index < -0.39 is 12.0 Å². The minimum atomic E-state index is -0.668. The molecule has 0 heterocycles. The average molecular weight is 247 g/mol. The van der Waals surface area contributed by atoms with Gasteiger partial charge < -0.3 is 4.74 Å². The van der Waals surface area contributed by atoms with Gasteiger partial charge in [0, 0.05) is 5.57 Å². The van der Waals surface area contributed by atoms with Gasteiger partial charge in [0.1, 0.15) is 0 Å². The first-order valence-corrected chi connectivity index (χ1v) is 5.71. The van der Waals surface area contributed by atoms with Crippen molar-refractivity contribution in [2.75, 3.05) is 7.11 Å². The molecule has 0 spiro atoms. The number of carbonyl (C=O) groups excluding carboxylic acids is 2. The number of hydrogen-bond donors (Lipinski definition) is 0. The van der Waals surface area contributed by atoms with E-state index in [4.69, 9.17) is 0 Å². The summed E-state index contributed by atoms with van der Waals surface area (Å²) in [5.74, 6) is -0.395. The van der Waals surface area contributed by atoms with Gasteiger partial charge in [0.05, 0.1) is 13.7 Å². The fourth-order valence-electron chi connectivity index (χ4n) is 1.44. The summed E-state index contributed by atoms with van der Waals surface area (Å²) in [4.78, 5) is 24.7. The molecule has 96 valence electrons. The van der Waals surface area contributed by atoms with Crippen LogP contribution in [-0.4, -0.2) is 24.0 Å². The molecule has 2 amide bonds. The predicted molar refractivity (Wildman–Crippen MR) is 68.8 cm³/mol. The van der Waals surface area contributed by atoms with Gasteiger partial charge in [-0.2, -0.15) is 0 Å². The monoisotopic (exact) mass is 247 g/mol. The molecule has 4 heteroatoms. The number of methoxy groups -OCH3 is 1. The molecule has 0 aliphatic rings. The molecule has 0 bridgehead atoms. The molecule has 4 nitrogen and oxygen atoms in total. The van der Waals surface area contributed by atoms with E-state index >= 15 is 0 Å². The van der Waals surface area contributed by atoms with Crippen LogP contribution in [0.3, 0.4) is 0 Å². The van der Waals surface area contributed by atoms with Crippen LogP contribution < -0.4 is 0 Å². The lowest BCUT2D eigenvalue weighted by atomic mass is 10.1. The van der Waals surface area contributed by atoms with Crippen molar-refractivity contribution in [1.82, 2.24) is 4.90 Å². The highest BCUT2D eigenvalue weighted by molar-refractivity contribution is 6.01. The Morgan fingerprint density at radius 3 is 2.39 bits per heavy atom. The van der Waals surface area contributed by atoms with Crippen molar-refractivity contribution >= 4 is 12.0 Å². The van der Waals surface area contributed by atoms with Crippen LogP contribution in [0.25, 0.3) is 0 Å². The lowest BCUT2D eigenvalue weighted by Gasteiger charge is -2.20. The Balaban J connectivity index is 2.89. The van der Waals surface area contributed by atoms with Gasteiger partial charge in [-0.25, -0.2) is 9.69 Å².